The molecule has 2 radical (unpaired) electrons. The van der Waals surface area contributed by atoms with Gasteiger partial charge in [-0.1, -0.05) is 129 Å². The van der Waals surface area contributed by atoms with E-state index < -0.39 is 0 Å². The zero-order valence-electron chi connectivity index (χ0n) is 22.1. The topological polar surface area (TPSA) is 0 Å². The molecule has 32 heavy (non-hydrogen) atoms. The monoisotopic (exact) mass is 584 g/mol. The third kappa shape index (κ3) is 11.9. The average molecular weight is 585 g/mol. The van der Waals surface area contributed by atoms with Crippen LogP contribution in [0.3, 0.4) is 0 Å². The Labute approximate surface area is 251 Å². The van der Waals surface area contributed by atoms with E-state index in [9.17, 15) is 0 Å². The first-order valence-electron chi connectivity index (χ1n) is 12.4. The predicted octanol–water partition coefficient (Wildman–Crippen LogP) is 8.89. The number of aryl methyl sites for hydroxylation is 1. The molecule has 4 rings (SSSR count). The molecule has 0 amide bonds. The van der Waals surface area contributed by atoms with Crippen molar-refractivity contribution in [1.82, 2.24) is 0 Å². The third-order valence-electron chi connectivity index (χ3n) is 5.54. The van der Waals surface area contributed by atoms with Crippen LogP contribution in [0.4, 0.5) is 0 Å². The summed E-state index contributed by atoms with van der Waals surface area (Å²) in [6.07, 6.45) is 10.1. The van der Waals surface area contributed by atoms with Gasteiger partial charge in [0.1, 0.15) is 0 Å². The fourth-order valence-electron chi connectivity index (χ4n) is 4.53. The normalized spacial score (nSPS) is 15.5. The van der Waals surface area contributed by atoms with Crippen molar-refractivity contribution in [3.63, 3.8) is 0 Å². The Hall–Kier alpha value is 0.648. The molecule has 0 heterocycles. The molecule has 2 heteroatoms. The van der Waals surface area contributed by atoms with Crippen molar-refractivity contribution in [2.45, 2.75) is 87.0 Å². The predicted molar refractivity (Wildman–Crippen MR) is 136 cm³/mol. The molecule has 0 aromatic heterocycles. The summed E-state index contributed by atoms with van der Waals surface area (Å²) >= 11 is 0. The first kappa shape index (κ1) is 34.8. The van der Waals surface area contributed by atoms with Crippen LogP contribution in [0.15, 0.2) is 48.5 Å². The van der Waals surface area contributed by atoms with Gasteiger partial charge in [-0.15, -0.1) is 5.92 Å². The molecule has 2 aromatic rings. The quantitative estimate of drug-likeness (QED) is 0.315. The van der Waals surface area contributed by atoms with Crippen molar-refractivity contribution in [3.05, 3.63) is 83.6 Å². The van der Waals surface area contributed by atoms with E-state index in [4.69, 9.17) is 0 Å². The van der Waals surface area contributed by atoms with Crippen molar-refractivity contribution >= 4 is 0 Å². The Balaban J connectivity index is 0. The SMILES string of the molecule is CC.CC.CC(C)[CH-]C1CCc2ccccc21.CC(C)[CH-]C1Cc2ccccc2C1.[Y].[Y]. The molecular weight excluding hydrogens is 538 g/mol. The van der Waals surface area contributed by atoms with E-state index in [-0.39, 0.29) is 65.4 Å². The molecular formula is C30H46Y2-2. The summed E-state index contributed by atoms with van der Waals surface area (Å²) in [7, 11) is 0. The van der Waals surface area contributed by atoms with E-state index in [0.717, 1.165) is 17.8 Å². The smallest absolute Gasteiger partial charge is 0 e. The number of fused-ring (bicyclic) bond motifs is 2. The van der Waals surface area contributed by atoms with Crippen LogP contribution in [-0.2, 0) is 84.7 Å². The van der Waals surface area contributed by atoms with Gasteiger partial charge in [-0.05, 0) is 23.1 Å². The van der Waals surface area contributed by atoms with Crippen LogP contribution in [0, 0.1) is 30.6 Å². The summed E-state index contributed by atoms with van der Waals surface area (Å²) in [5, 5.41) is 0. The van der Waals surface area contributed by atoms with Crippen molar-refractivity contribution in [3.8, 4) is 0 Å². The Bertz CT molecular complexity index is 680. The zero-order valence-corrected chi connectivity index (χ0v) is 27.7. The van der Waals surface area contributed by atoms with E-state index in [2.05, 4.69) is 89.1 Å². The van der Waals surface area contributed by atoms with Crippen molar-refractivity contribution in [2.24, 2.45) is 17.8 Å². The van der Waals surface area contributed by atoms with Crippen LogP contribution in [-0.4, -0.2) is 0 Å². The second-order valence-electron chi connectivity index (χ2n) is 8.65. The molecule has 2 aliphatic carbocycles. The minimum atomic E-state index is 0. The van der Waals surface area contributed by atoms with Gasteiger partial charge in [-0.3, -0.25) is 0 Å². The fraction of sp³-hybridized carbons (Fsp3) is 0.533. The van der Waals surface area contributed by atoms with Gasteiger partial charge >= 0.3 is 0 Å². The van der Waals surface area contributed by atoms with Crippen molar-refractivity contribution < 1.29 is 65.4 Å². The third-order valence-corrected chi connectivity index (χ3v) is 5.54. The van der Waals surface area contributed by atoms with Crippen LogP contribution >= 0.6 is 0 Å². The second kappa shape index (κ2) is 19.9. The van der Waals surface area contributed by atoms with Gasteiger partial charge < -0.3 is 12.8 Å². The molecule has 1 atom stereocenters. The molecule has 2 aromatic carbocycles. The van der Waals surface area contributed by atoms with Gasteiger partial charge in [0.25, 0.3) is 0 Å². The van der Waals surface area contributed by atoms with E-state index in [1.807, 2.05) is 27.7 Å². The molecule has 0 N–H and O–H groups in total. The van der Waals surface area contributed by atoms with Gasteiger partial charge in [0.15, 0.2) is 0 Å². The molecule has 0 fully saturated rings. The van der Waals surface area contributed by atoms with Gasteiger partial charge in [0, 0.05) is 65.4 Å². The van der Waals surface area contributed by atoms with Crippen LogP contribution in [0.25, 0.3) is 0 Å². The summed E-state index contributed by atoms with van der Waals surface area (Å²) in [6.45, 7) is 17.1. The van der Waals surface area contributed by atoms with Crippen molar-refractivity contribution in [1.29, 1.82) is 0 Å². The zero-order chi connectivity index (χ0) is 22.5. The average Bonchev–Trinajstić information content (AvgIpc) is 3.34. The number of hydrogen-bond donors (Lipinski definition) is 0. The van der Waals surface area contributed by atoms with Crippen LogP contribution in [0.2, 0.25) is 0 Å². The Morgan fingerprint density at radius 2 is 1.09 bits per heavy atom. The maximum atomic E-state index is 2.49. The Kier molecular flexibility index (Phi) is 21.7. The molecule has 0 saturated heterocycles. The molecule has 0 aliphatic heterocycles. The maximum Gasteiger partial charge on any atom is 0 e. The van der Waals surface area contributed by atoms with Gasteiger partial charge in [-0.25, -0.2) is 0 Å². The summed E-state index contributed by atoms with van der Waals surface area (Å²) in [5.41, 5.74) is 6.24. The summed E-state index contributed by atoms with van der Waals surface area (Å²) in [6, 6.07) is 17.7. The molecule has 0 spiro atoms. The maximum absolute atomic E-state index is 2.49. The molecule has 2 aliphatic rings. The summed E-state index contributed by atoms with van der Waals surface area (Å²) in [5.74, 6) is 2.93. The van der Waals surface area contributed by atoms with Crippen LogP contribution in [0.1, 0.15) is 90.0 Å². The van der Waals surface area contributed by atoms with Gasteiger partial charge in [0.05, 0.1) is 0 Å². The van der Waals surface area contributed by atoms with E-state index in [0.29, 0.717) is 5.92 Å². The number of rotatable bonds is 4. The molecule has 1 unspecified atom stereocenters. The summed E-state index contributed by atoms with van der Waals surface area (Å²) < 4.78 is 0. The Morgan fingerprint density at radius 1 is 0.656 bits per heavy atom. The number of hydrogen-bond acceptors (Lipinski definition) is 0. The van der Waals surface area contributed by atoms with E-state index >= 15 is 0 Å². The van der Waals surface area contributed by atoms with E-state index in [1.165, 1.54) is 25.7 Å². The first-order chi connectivity index (χ1) is 14.5. The second-order valence-corrected chi connectivity index (χ2v) is 8.65. The Morgan fingerprint density at radius 3 is 1.56 bits per heavy atom. The minimum absolute atomic E-state index is 0. The standard InChI is InChI=1S/2C13H17.2C2H6.2Y/c1-10(2)7-11-8-12-5-3-4-6-13(12)9-11;1-10(2)9-12-8-7-11-5-3-4-6-13(11)12;2*1-2;;/h3-7,10-11H,8-9H2,1-2H3;3-6,9-10,12H,7-8H2,1-2H3;2*1-2H3;;/q2*-1;;;;. The van der Waals surface area contributed by atoms with Crippen LogP contribution < -0.4 is 0 Å². The number of benzene rings is 2. The summed E-state index contributed by atoms with van der Waals surface area (Å²) in [4.78, 5) is 0. The molecule has 0 bridgehead atoms. The largest absolute Gasteiger partial charge is 0.322 e. The van der Waals surface area contributed by atoms with Crippen LogP contribution in [0.5, 0.6) is 0 Å². The fourth-order valence-corrected chi connectivity index (χ4v) is 4.53. The van der Waals surface area contributed by atoms with Gasteiger partial charge in [-0.2, -0.15) is 17.8 Å². The molecule has 0 nitrogen and oxygen atoms in total. The van der Waals surface area contributed by atoms with E-state index in [1.54, 1.807) is 22.3 Å². The minimum Gasteiger partial charge on any atom is -0.322 e. The van der Waals surface area contributed by atoms with Gasteiger partial charge in [0.2, 0.25) is 0 Å². The molecule has 0 saturated carbocycles. The first-order valence-corrected chi connectivity index (χ1v) is 12.4. The molecule has 174 valence electrons. The van der Waals surface area contributed by atoms with Crippen molar-refractivity contribution in [2.75, 3.05) is 0 Å².